The van der Waals surface area contributed by atoms with Crippen molar-refractivity contribution in [3.63, 3.8) is 0 Å². The number of nitrogens with one attached hydrogen (secondary N) is 1. The van der Waals surface area contributed by atoms with Gasteiger partial charge in [0.25, 0.3) is 0 Å². The van der Waals surface area contributed by atoms with Crippen molar-refractivity contribution in [1.29, 1.82) is 0 Å². The molecule has 1 N–H and O–H groups in total. The molecule has 0 spiro atoms. The Morgan fingerprint density at radius 1 is 1.04 bits per heavy atom. The number of ether oxygens (including phenoxy) is 1. The lowest BCUT2D eigenvalue weighted by Crippen LogP contribution is -2.43. The van der Waals surface area contributed by atoms with E-state index in [1.165, 1.54) is 0 Å². The number of alkyl halides is 1. The first-order valence-electron chi connectivity index (χ1n) is 8.66. The molecule has 0 saturated carbocycles. The molecule has 0 aliphatic rings. The maximum atomic E-state index is 12.9. The minimum atomic E-state index is -3.66. The van der Waals surface area contributed by atoms with E-state index in [1.807, 2.05) is 51.1 Å². The number of aryl methyl sites for hydroxylation is 1. The van der Waals surface area contributed by atoms with Crippen LogP contribution in [0, 0.1) is 12.8 Å². The van der Waals surface area contributed by atoms with E-state index in [0.29, 0.717) is 12.5 Å². The van der Waals surface area contributed by atoms with E-state index in [1.54, 1.807) is 24.3 Å². The Bertz CT molecular complexity index is 776. The van der Waals surface area contributed by atoms with E-state index in [4.69, 9.17) is 16.3 Å². The summed E-state index contributed by atoms with van der Waals surface area (Å²) in [6, 6.07) is 16.0. The molecule has 0 fully saturated rings. The Hall–Kier alpha value is -1.40. The van der Waals surface area contributed by atoms with E-state index < -0.39 is 22.2 Å². The molecule has 0 aliphatic carbocycles. The number of benzene rings is 2. The Morgan fingerprint density at radius 2 is 1.65 bits per heavy atom. The first kappa shape index (κ1) is 20.9. The second-order valence-electron chi connectivity index (χ2n) is 6.60. The summed E-state index contributed by atoms with van der Waals surface area (Å²) in [7, 11) is -3.66. The minimum absolute atomic E-state index is 0.0238. The summed E-state index contributed by atoms with van der Waals surface area (Å²) < 4.78 is 34.5. The van der Waals surface area contributed by atoms with Crippen LogP contribution in [0.2, 0.25) is 0 Å². The normalized spacial score (nSPS) is 14.3. The Labute approximate surface area is 161 Å². The van der Waals surface area contributed by atoms with Crippen LogP contribution in [0.1, 0.15) is 31.1 Å². The van der Waals surface area contributed by atoms with Crippen molar-refractivity contribution < 1.29 is 13.2 Å². The van der Waals surface area contributed by atoms with Gasteiger partial charge in [-0.15, -0.1) is 11.6 Å². The molecule has 0 radical (unpaired) electrons. The summed E-state index contributed by atoms with van der Waals surface area (Å²) in [6.45, 7) is 6.22. The highest BCUT2D eigenvalue weighted by molar-refractivity contribution is 7.89. The lowest BCUT2D eigenvalue weighted by Gasteiger charge is -2.31. The van der Waals surface area contributed by atoms with Crippen LogP contribution >= 0.6 is 11.6 Å². The van der Waals surface area contributed by atoms with Crippen molar-refractivity contribution in [2.24, 2.45) is 5.92 Å². The molecule has 0 bridgehead atoms. The highest BCUT2D eigenvalue weighted by Gasteiger charge is 2.31. The van der Waals surface area contributed by atoms with Crippen molar-refractivity contribution in [1.82, 2.24) is 4.72 Å². The maximum Gasteiger partial charge on any atom is 0.240 e. The fourth-order valence-electron chi connectivity index (χ4n) is 2.73. The molecule has 0 unspecified atom stereocenters. The van der Waals surface area contributed by atoms with E-state index >= 15 is 0 Å². The number of hydrogen-bond acceptors (Lipinski definition) is 3. The number of halogens is 1. The van der Waals surface area contributed by atoms with Gasteiger partial charge in [-0.2, -0.15) is 0 Å². The molecule has 26 heavy (non-hydrogen) atoms. The zero-order valence-corrected chi connectivity index (χ0v) is 16.9. The van der Waals surface area contributed by atoms with E-state index in [2.05, 4.69) is 4.72 Å². The van der Waals surface area contributed by atoms with Crippen LogP contribution in [-0.2, 0) is 14.8 Å². The van der Waals surface area contributed by atoms with Crippen LogP contribution in [0.15, 0.2) is 59.5 Å². The van der Waals surface area contributed by atoms with Gasteiger partial charge in [-0.3, -0.25) is 0 Å². The van der Waals surface area contributed by atoms with Gasteiger partial charge in [0.1, 0.15) is 0 Å². The van der Waals surface area contributed by atoms with Crippen LogP contribution in [0.25, 0.3) is 0 Å². The molecule has 0 heterocycles. The zero-order chi connectivity index (χ0) is 19.2. The van der Waals surface area contributed by atoms with Crippen molar-refractivity contribution in [2.45, 2.75) is 37.8 Å². The van der Waals surface area contributed by atoms with Crippen LogP contribution in [0.4, 0.5) is 0 Å². The largest absolute Gasteiger partial charge is 0.371 e. The second kappa shape index (κ2) is 9.51. The monoisotopic (exact) mass is 395 g/mol. The number of sulfonamides is 1. The van der Waals surface area contributed by atoms with Gasteiger partial charge in [-0.05, 0) is 30.5 Å². The first-order valence-corrected chi connectivity index (χ1v) is 10.7. The molecule has 0 aliphatic heterocycles. The molecule has 0 saturated heterocycles. The van der Waals surface area contributed by atoms with Gasteiger partial charge < -0.3 is 4.74 Å². The third-order valence-electron chi connectivity index (χ3n) is 4.17. The topological polar surface area (TPSA) is 55.4 Å². The van der Waals surface area contributed by atoms with E-state index in [0.717, 1.165) is 11.1 Å². The highest BCUT2D eigenvalue weighted by atomic mass is 35.5. The van der Waals surface area contributed by atoms with Crippen LogP contribution in [0.3, 0.4) is 0 Å². The van der Waals surface area contributed by atoms with Crippen molar-refractivity contribution in [3.05, 3.63) is 65.7 Å². The van der Waals surface area contributed by atoms with Crippen molar-refractivity contribution in [3.8, 4) is 0 Å². The summed E-state index contributed by atoms with van der Waals surface area (Å²) in [5, 5.41) is 0. The number of rotatable bonds is 9. The quantitative estimate of drug-likeness (QED) is 0.644. The zero-order valence-electron chi connectivity index (χ0n) is 15.4. The Morgan fingerprint density at radius 3 is 2.19 bits per heavy atom. The van der Waals surface area contributed by atoms with E-state index in [9.17, 15) is 8.42 Å². The molecular weight excluding hydrogens is 370 g/mol. The smallest absolute Gasteiger partial charge is 0.240 e. The average Bonchev–Trinajstić information content (AvgIpc) is 2.62. The molecule has 2 aromatic carbocycles. The van der Waals surface area contributed by atoms with Crippen molar-refractivity contribution in [2.75, 3.05) is 12.5 Å². The molecular formula is C20H26ClNO3S. The predicted molar refractivity (Wildman–Crippen MR) is 106 cm³/mol. The number of hydrogen-bond donors (Lipinski definition) is 1. The maximum absolute atomic E-state index is 12.9. The molecule has 0 amide bonds. The fraction of sp³-hybridized carbons (Fsp3) is 0.400. The minimum Gasteiger partial charge on any atom is -0.371 e. The molecule has 2 atom stereocenters. The lowest BCUT2D eigenvalue weighted by molar-refractivity contribution is 0.0283. The standard InChI is InChI=1S/C20H26ClNO3S/c1-15(2)19(20(25-14-13-21)17-7-5-4-6-8-17)22-26(23,24)18-11-9-16(3)10-12-18/h4-12,15,19-20,22H,13-14H2,1-3H3/t19-,20+/m0/s1. The molecule has 6 heteroatoms. The Kier molecular flexibility index (Phi) is 7.65. The second-order valence-corrected chi connectivity index (χ2v) is 8.69. The molecule has 2 aromatic rings. The van der Waals surface area contributed by atoms with Gasteiger partial charge in [0.05, 0.1) is 23.6 Å². The predicted octanol–water partition coefficient (Wildman–Crippen LogP) is 4.29. The molecule has 2 rings (SSSR count). The highest BCUT2D eigenvalue weighted by Crippen LogP contribution is 2.27. The van der Waals surface area contributed by atoms with Crippen LogP contribution < -0.4 is 4.72 Å². The van der Waals surface area contributed by atoms with Gasteiger partial charge in [-0.25, -0.2) is 13.1 Å². The van der Waals surface area contributed by atoms with Gasteiger partial charge in [-0.1, -0.05) is 61.9 Å². The molecule has 4 nitrogen and oxygen atoms in total. The van der Waals surface area contributed by atoms with Crippen LogP contribution in [-0.4, -0.2) is 26.9 Å². The third kappa shape index (κ3) is 5.55. The summed E-state index contributed by atoms with van der Waals surface area (Å²) in [5.41, 5.74) is 1.93. The fourth-order valence-corrected chi connectivity index (χ4v) is 4.21. The summed E-state index contributed by atoms with van der Waals surface area (Å²) in [5.74, 6) is 0.370. The average molecular weight is 396 g/mol. The third-order valence-corrected chi connectivity index (χ3v) is 5.80. The van der Waals surface area contributed by atoms with Gasteiger partial charge in [0, 0.05) is 5.88 Å². The van der Waals surface area contributed by atoms with Gasteiger partial charge in [0.15, 0.2) is 0 Å². The Balaban J connectivity index is 2.34. The summed E-state index contributed by atoms with van der Waals surface area (Å²) in [6.07, 6.45) is -0.421. The molecule has 0 aromatic heterocycles. The van der Waals surface area contributed by atoms with Crippen LogP contribution in [0.5, 0.6) is 0 Å². The lowest BCUT2D eigenvalue weighted by atomic mass is 9.94. The van der Waals surface area contributed by atoms with Gasteiger partial charge in [0.2, 0.25) is 10.0 Å². The van der Waals surface area contributed by atoms with Gasteiger partial charge >= 0.3 is 0 Å². The SMILES string of the molecule is Cc1ccc(S(=O)(=O)N[C@@H](C(C)C)[C@H](OCCCl)c2ccccc2)cc1. The summed E-state index contributed by atoms with van der Waals surface area (Å²) >= 11 is 5.80. The first-order chi connectivity index (χ1) is 12.3. The van der Waals surface area contributed by atoms with E-state index in [-0.39, 0.29) is 10.8 Å². The van der Waals surface area contributed by atoms with Crippen molar-refractivity contribution >= 4 is 21.6 Å². The summed E-state index contributed by atoms with van der Waals surface area (Å²) in [4.78, 5) is 0.248. The molecule has 142 valence electrons.